The Morgan fingerprint density at radius 1 is 1.00 bits per heavy atom. The van der Waals surface area contributed by atoms with E-state index in [0.29, 0.717) is 5.92 Å². The first-order valence-corrected chi connectivity index (χ1v) is 14.2. The molecule has 5 nitrogen and oxygen atoms in total. The Kier molecular flexibility index (Phi) is 5.44. The van der Waals surface area contributed by atoms with Crippen LogP contribution in [0.3, 0.4) is 0 Å². The first-order chi connectivity index (χ1) is 19.3. The maximum Gasteiger partial charge on any atom is 0.139 e. The van der Waals surface area contributed by atoms with Crippen molar-refractivity contribution in [2.75, 3.05) is 24.5 Å². The molecule has 2 aliphatic carbocycles. The van der Waals surface area contributed by atoms with Crippen LogP contribution in [0.5, 0.6) is 0 Å². The molecule has 1 aromatic carbocycles. The number of nitrogens with one attached hydrogen (secondary N) is 2. The quantitative estimate of drug-likeness (QED) is 0.422. The molecule has 0 amide bonds. The monoisotopic (exact) mass is 512 g/mol. The van der Waals surface area contributed by atoms with Crippen molar-refractivity contribution in [3.8, 4) is 0 Å². The van der Waals surface area contributed by atoms with Crippen molar-refractivity contribution < 1.29 is 4.42 Å². The van der Waals surface area contributed by atoms with E-state index in [1.165, 1.54) is 44.9 Å². The van der Waals surface area contributed by atoms with E-state index in [1.807, 2.05) is 6.26 Å². The summed E-state index contributed by atoms with van der Waals surface area (Å²) < 4.78 is 6.02. The number of rotatable bonds is 4. The highest BCUT2D eigenvalue weighted by Gasteiger charge is 2.40. The molecule has 4 atom stereocenters. The molecule has 2 aromatic heterocycles. The van der Waals surface area contributed by atoms with Crippen LogP contribution < -0.4 is 15.5 Å². The van der Waals surface area contributed by atoms with Crippen LogP contribution in [0.15, 0.2) is 108 Å². The lowest BCUT2D eigenvalue weighted by Gasteiger charge is -2.32. The van der Waals surface area contributed by atoms with Gasteiger partial charge in [-0.15, -0.1) is 0 Å². The lowest BCUT2D eigenvalue weighted by molar-refractivity contribution is 0.607. The van der Waals surface area contributed by atoms with Crippen LogP contribution in [0.2, 0.25) is 0 Å². The van der Waals surface area contributed by atoms with Gasteiger partial charge in [-0.3, -0.25) is 4.98 Å². The maximum absolute atomic E-state index is 6.02. The third kappa shape index (κ3) is 3.83. The van der Waals surface area contributed by atoms with Gasteiger partial charge >= 0.3 is 0 Å². The summed E-state index contributed by atoms with van der Waals surface area (Å²) in [5.74, 6) is 0.813. The average molecular weight is 513 g/mol. The molecule has 2 N–H and O–H groups in total. The molecule has 0 bridgehead atoms. The minimum absolute atomic E-state index is 0.224. The van der Waals surface area contributed by atoms with E-state index in [0.717, 1.165) is 38.1 Å². The zero-order chi connectivity index (χ0) is 25.8. The molecule has 5 heteroatoms. The molecule has 0 spiro atoms. The SMILES string of the molecule is C1=CC2c3c(ccc4ccoc34)N(C3=CC(c4cc(C5=CCNCC5)cc(C5C=CNC5)n4)CC=C3)C2C=C1. The average Bonchev–Trinajstić information content (AvgIpc) is 3.76. The van der Waals surface area contributed by atoms with Crippen molar-refractivity contribution in [2.45, 2.75) is 36.6 Å². The fraction of sp³-hybridized carbons (Fsp3) is 0.265. The molecular weight excluding hydrogens is 480 g/mol. The molecule has 8 rings (SSSR count). The molecule has 4 unspecified atom stereocenters. The summed E-state index contributed by atoms with van der Waals surface area (Å²) in [6.07, 6.45) is 26.5. The van der Waals surface area contributed by atoms with E-state index >= 15 is 0 Å². The molecule has 39 heavy (non-hydrogen) atoms. The van der Waals surface area contributed by atoms with Crippen LogP contribution in [0.4, 0.5) is 5.69 Å². The van der Waals surface area contributed by atoms with E-state index in [2.05, 4.69) is 107 Å². The van der Waals surface area contributed by atoms with Gasteiger partial charge in [-0.1, -0.05) is 48.6 Å². The summed E-state index contributed by atoms with van der Waals surface area (Å²) in [6, 6.07) is 11.4. The summed E-state index contributed by atoms with van der Waals surface area (Å²) in [4.78, 5) is 7.79. The Morgan fingerprint density at radius 3 is 2.79 bits per heavy atom. The lowest BCUT2D eigenvalue weighted by Crippen LogP contribution is -2.32. The second-order valence-electron chi connectivity index (χ2n) is 11.1. The van der Waals surface area contributed by atoms with Crippen molar-refractivity contribution in [1.82, 2.24) is 15.6 Å². The smallest absolute Gasteiger partial charge is 0.139 e. The second-order valence-corrected chi connectivity index (χ2v) is 11.1. The number of pyridine rings is 1. The number of aromatic nitrogens is 1. The number of allylic oxidation sites excluding steroid dienone is 5. The first kappa shape index (κ1) is 22.9. The van der Waals surface area contributed by atoms with Gasteiger partial charge in [0.25, 0.3) is 0 Å². The van der Waals surface area contributed by atoms with Gasteiger partial charge in [0, 0.05) is 64.6 Å². The van der Waals surface area contributed by atoms with Gasteiger partial charge in [0.15, 0.2) is 0 Å². The lowest BCUT2D eigenvalue weighted by atomic mass is 9.89. The van der Waals surface area contributed by atoms with E-state index in [4.69, 9.17) is 9.40 Å². The Bertz CT molecular complexity index is 1630. The molecule has 5 aliphatic rings. The van der Waals surface area contributed by atoms with Crippen LogP contribution in [-0.2, 0) is 0 Å². The van der Waals surface area contributed by atoms with Gasteiger partial charge in [-0.05, 0) is 73.1 Å². The molecule has 0 saturated heterocycles. The van der Waals surface area contributed by atoms with Crippen molar-refractivity contribution in [3.05, 3.63) is 126 Å². The van der Waals surface area contributed by atoms with E-state index < -0.39 is 0 Å². The highest BCUT2D eigenvalue weighted by molar-refractivity contribution is 5.90. The van der Waals surface area contributed by atoms with Crippen molar-refractivity contribution in [2.24, 2.45) is 0 Å². The van der Waals surface area contributed by atoms with Gasteiger partial charge < -0.3 is 20.0 Å². The van der Waals surface area contributed by atoms with Gasteiger partial charge in [-0.25, -0.2) is 0 Å². The molecule has 0 saturated carbocycles. The third-order valence-corrected chi connectivity index (χ3v) is 8.81. The van der Waals surface area contributed by atoms with Gasteiger partial charge in [0.2, 0.25) is 0 Å². The Morgan fingerprint density at radius 2 is 1.92 bits per heavy atom. The second kappa shape index (κ2) is 9.28. The summed E-state index contributed by atoms with van der Waals surface area (Å²) in [5.41, 5.74) is 9.87. The number of anilines is 1. The summed E-state index contributed by atoms with van der Waals surface area (Å²) in [7, 11) is 0. The molecule has 5 heterocycles. The molecule has 194 valence electrons. The number of nitrogens with zero attached hydrogens (tertiary/aromatic N) is 2. The van der Waals surface area contributed by atoms with Crippen LogP contribution in [-0.4, -0.2) is 30.7 Å². The third-order valence-electron chi connectivity index (χ3n) is 8.81. The van der Waals surface area contributed by atoms with Crippen molar-refractivity contribution in [3.63, 3.8) is 0 Å². The topological polar surface area (TPSA) is 53.3 Å². The Hall–Kier alpha value is -4.09. The van der Waals surface area contributed by atoms with Crippen LogP contribution in [0.1, 0.15) is 53.1 Å². The highest BCUT2D eigenvalue weighted by atomic mass is 16.3. The van der Waals surface area contributed by atoms with E-state index in [1.54, 1.807) is 0 Å². The highest BCUT2D eigenvalue weighted by Crippen LogP contribution is 2.50. The summed E-state index contributed by atoms with van der Waals surface area (Å²) in [6.45, 7) is 2.88. The normalized spacial score (nSPS) is 26.9. The number of benzene rings is 1. The molecule has 0 radical (unpaired) electrons. The summed E-state index contributed by atoms with van der Waals surface area (Å²) in [5, 5.41) is 7.99. The van der Waals surface area contributed by atoms with Gasteiger partial charge in [-0.2, -0.15) is 0 Å². The molecule has 0 fully saturated rings. The number of hydrogen-bond acceptors (Lipinski definition) is 5. The summed E-state index contributed by atoms with van der Waals surface area (Å²) >= 11 is 0. The number of hydrogen-bond donors (Lipinski definition) is 2. The van der Waals surface area contributed by atoms with Gasteiger partial charge in [0.1, 0.15) is 5.58 Å². The van der Waals surface area contributed by atoms with Crippen molar-refractivity contribution >= 4 is 22.2 Å². The minimum atomic E-state index is 0.224. The number of fused-ring (bicyclic) bond motifs is 5. The molecular formula is C34H32N4O. The zero-order valence-electron chi connectivity index (χ0n) is 21.9. The zero-order valence-corrected chi connectivity index (χ0v) is 21.9. The maximum atomic E-state index is 6.02. The van der Waals surface area contributed by atoms with E-state index in [9.17, 15) is 0 Å². The largest absolute Gasteiger partial charge is 0.464 e. The van der Waals surface area contributed by atoms with Gasteiger partial charge in [0.05, 0.1) is 12.3 Å². The standard InChI is InChI=1S/C34H32N4O/c1-2-7-31-28(6-1)33-32(9-8-23-13-17-39-34(23)33)38(31)27-5-3-4-24(18-27)29-19-26(22-10-14-35-15-11-22)20-30(37-29)25-12-16-36-21-25/h1-3,5-10,12-13,16-20,24-25,28,31,35-36H,4,11,14-15,21H2. The number of furan rings is 1. The fourth-order valence-electron chi connectivity index (χ4n) is 6.86. The predicted octanol–water partition coefficient (Wildman–Crippen LogP) is 6.43. The van der Waals surface area contributed by atoms with Crippen LogP contribution in [0, 0.1) is 0 Å². The molecule has 3 aromatic rings. The molecule has 3 aliphatic heterocycles. The van der Waals surface area contributed by atoms with Crippen LogP contribution >= 0.6 is 0 Å². The van der Waals surface area contributed by atoms with Crippen molar-refractivity contribution in [1.29, 1.82) is 0 Å². The first-order valence-electron chi connectivity index (χ1n) is 14.2. The Labute approximate surface area is 229 Å². The minimum Gasteiger partial charge on any atom is -0.464 e. The van der Waals surface area contributed by atoms with Crippen LogP contribution in [0.25, 0.3) is 16.5 Å². The predicted molar refractivity (Wildman–Crippen MR) is 158 cm³/mol. The van der Waals surface area contributed by atoms with E-state index in [-0.39, 0.29) is 17.9 Å². The fourth-order valence-corrected chi connectivity index (χ4v) is 6.86. The Balaban J connectivity index is 1.21.